The highest BCUT2D eigenvalue weighted by molar-refractivity contribution is 5.87. The van der Waals surface area contributed by atoms with Gasteiger partial charge in [-0.3, -0.25) is 14.3 Å². The normalized spacial score (nSPS) is 12.1. The fraction of sp³-hybridized carbons (Fsp3) is 0.286. The number of aromatic nitrogens is 2. The predicted octanol–water partition coefficient (Wildman–Crippen LogP) is 4.30. The minimum Gasteiger partial charge on any atom is -0.494 e. The molecule has 1 N–H and O–H groups in total. The molecule has 0 saturated heterocycles. The number of fused-ring (bicyclic) bond motifs is 1. The highest BCUT2D eigenvalue weighted by atomic mass is 19.4. The van der Waals surface area contributed by atoms with Crippen LogP contribution in [0.2, 0.25) is 0 Å². The number of carbonyl (C=O) groups is 1. The van der Waals surface area contributed by atoms with E-state index in [9.17, 15) is 40.3 Å². The minimum atomic E-state index is -5.07. The fourth-order valence-corrected chi connectivity index (χ4v) is 3.28. The molecule has 13 heteroatoms. The van der Waals surface area contributed by atoms with Gasteiger partial charge in [-0.1, -0.05) is 12.1 Å². The number of ether oxygens (including phenoxy) is 1. The van der Waals surface area contributed by atoms with Crippen LogP contribution in [0, 0.1) is 5.82 Å². The third kappa shape index (κ3) is 4.97. The maximum atomic E-state index is 14.7. The topological polar surface area (TPSA) is 73.2 Å². The first-order valence-corrected chi connectivity index (χ1v) is 9.65. The Bertz CT molecular complexity index is 1280. The Morgan fingerprint density at radius 3 is 2.38 bits per heavy atom. The number of nitrogens with one attached hydrogen (secondary N) is 1. The number of rotatable bonds is 6. The van der Waals surface area contributed by atoms with Crippen LogP contribution < -0.4 is 15.5 Å². The first kappa shape index (κ1) is 25.0. The van der Waals surface area contributed by atoms with Crippen molar-refractivity contribution in [3.8, 4) is 17.0 Å². The summed E-state index contributed by atoms with van der Waals surface area (Å²) < 4.78 is 97.6. The number of amides is 1. The predicted molar refractivity (Wildman–Crippen MR) is 107 cm³/mol. The van der Waals surface area contributed by atoms with E-state index >= 15 is 0 Å². The molecule has 0 aliphatic heterocycles. The molecule has 3 rings (SSSR count). The maximum Gasteiger partial charge on any atom is 0.471 e. The number of hydrogen-bond donors (Lipinski definition) is 1. The molecule has 0 unspecified atom stereocenters. The van der Waals surface area contributed by atoms with Crippen LogP contribution in [-0.4, -0.2) is 35.5 Å². The molecule has 0 atom stereocenters. The number of hydrogen-bond acceptors (Lipinski definition) is 4. The van der Waals surface area contributed by atoms with Gasteiger partial charge in [0.1, 0.15) is 22.8 Å². The Hall–Kier alpha value is -3.64. The van der Waals surface area contributed by atoms with E-state index in [0.29, 0.717) is 6.07 Å². The number of benzene rings is 2. The second kappa shape index (κ2) is 9.31. The zero-order valence-corrected chi connectivity index (χ0v) is 17.4. The summed E-state index contributed by atoms with van der Waals surface area (Å²) in [6.45, 7) is -0.598. The van der Waals surface area contributed by atoms with Gasteiger partial charge in [0.25, 0.3) is 0 Å². The average molecular weight is 491 g/mol. The zero-order valence-electron chi connectivity index (χ0n) is 17.4. The van der Waals surface area contributed by atoms with Gasteiger partial charge < -0.3 is 10.1 Å². The van der Waals surface area contributed by atoms with Crippen LogP contribution in [0.4, 0.5) is 30.7 Å². The third-order valence-corrected chi connectivity index (χ3v) is 4.81. The third-order valence-electron chi connectivity index (χ3n) is 4.81. The van der Waals surface area contributed by atoms with Crippen molar-refractivity contribution in [1.29, 1.82) is 0 Å². The lowest BCUT2D eigenvalue weighted by molar-refractivity contribution is -0.173. The van der Waals surface area contributed by atoms with Gasteiger partial charge in [0.05, 0.1) is 18.1 Å². The standard InChI is InChI=1S/C21H16F7N3O3/c1-34-14-8-3-6-12-17(14)31(10-4-9-29-19(33)21(26,27)28)30-16(18(12)32)11-5-2-7-13(15(11)22)20(23,24)25/h2-3,5-8H,4,9-10H2,1H3,(H,29,33). The van der Waals surface area contributed by atoms with Crippen molar-refractivity contribution in [2.45, 2.75) is 25.3 Å². The zero-order chi connectivity index (χ0) is 25.3. The van der Waals surface area contributed by atoms with Gasteiger partial charge in [-0.15, -0.1) is 0 Å². The Kier molecular flexibility index (Phi) is 6.84. The van der Waals surface area contributed by atoms with E-state index in [1.54, 1.807) is 5.32 Å². The molecule has 182 valence electrons. The van der Waals surface area contributed by atoms with E-state index in [1.807, 2.05) is 0 Å². The molecule has 1 aromatic heterocycles. The highest BCUT2D eigenvalue weighted by Gasteiger charge is 2.38. The molecule has 1 heterocycles. The molecule has 2 aromatic carbocycles. The molecule has 0 aliphatic carbocycles. The number of methoxy groups -OCH3 is 1. The summed E-state index contributed by atoms with van der Waals surface area (Å²) >= 11 is 0. The molecule has 0 radical (unpaired) electrons. The van der Waals surface area contributed by atoms with Crippen molar-refractivity contribution in [3.63, 3.8) is 0 Å². The van der Waals surface area contributed by atoms with Crippen LogP contribution in [0.3, 0.4) is 0 Å². The molecule has 6 nitrogen and oxygen atoms in total. The second-order valence-corrected chi connectivity index (χ2v) is 7.03. The lowest BCUT2D eigenvalue weighted by Crippen LogP contribution is -2.37. The first-order chi connectivity index (χ1) is 15.9. The molecule has 0 spiro atoms. The van der Waals surface area contributed by atoms with Gasteiger partial charge in [0.15, 0.2) is 0 Å². The molecule has 0 saturated carbocycles. The van der Waals surface area contributed by atoms with Gasteiger partial charge in [0, 0.05) is 18.7 Å². The van der Waals surface area contributed by atoms with Crippen molar-refractivity contribution in [3.05, 3.63) is 58.0 Å². The van der Waals surface area contributed by atoms with Crippen LogP contribution in [0.15, 0.2) is 41.2 Å². The van der Waals surface area contributed by atoms with Crippen LogP contribution in [-0.2, 0) is 17.5 Å². The van der Waals surface area contributed by atoms with Gasteiger partial charge in [0.2, 0.25) is 5.43 Å². The molecule has 0 fully saturated rings. The minimum absolute atomic E-state index is 0.0551. The SMILES string of the molecule is COc1cccc2c(=O)c(-c3cccc(C(F)(F)F)c3F)nn(CCCNC(=O)C(F)(F)F)c12. The van der Waals surface area contributed by atoms with E-state index in [0.717, 1.165) is 16.8 Å². The summed E-state index contributed by atoms with van der Waals surface area (Å²) in [5.74, 6) is -3.68. The summed E-state index contributed by atoms with van der Waals surface area (Å²) in [4.78, 5) is 24.0. The Balaban J connectivity index is 2.10. The van der Waals surface area contributed by atoms with Gasteiger partial charge in [-0.25, -0.2) is 4.39 Å². The molecule has 3 aromatic rings. The lowest BCUT2D eigenvalue weighted by atomic mass is 10.0. The van der Waals surface area contributed by atoms with Crippen LogP contribution in [0.25, 0.3) is 22.2 Å². The number of aryl methyl sites for hydroxylation is 1. The van der Waals surface area contributed by atoms with Gasteiger partial charge >= 0.3 is 18.3 Å². The number of nitrogens with zero attached hydrogens (tertiary/aromatic N) is 2. The summed E-state index contributed by atoms with van der Waals surface area (Å²) in [6, 6.07) is 6.64. The molecule has 34 heavy (non-hydrogen) atoms. The van der Waals surface area contributed by atoms with Crippen molar-refractivity contribution < 1.29 is 40.3 Å². The fourth-order valence-electron chi connectivity index (χ4n) is 3.28. The lowest BCUT2D eigenvalue weighted by Gasteiger charge is -2.16. The largest absolute Gasteiger partial charge is 0.494 e. The summed E-state index contributed by atoms with van der Waals surface area (Å²) in [5.41, 5.74) is -3.66. The first-order valence-electron chi connectivity index (χ1n) is 9.65. The van der Waals surface area contributed by atoms with Crippen molar-refractivity contribution in [2.75, 3.05) is 13.7 Å². The van der Waals surface area contributed by atoms with Crippen LogP contribution in [0.5, 0.6) is 5.75 Å². The van der Waals surface area contributed by atoms with E-state index in [-0.39, 0.29) is 29.6 Å². The molecule has 0 bridgehead atoms. The van der Waals surface area contributed by atoms with Crippen molar-refractivity contribution in [2.24, 2.45) is 0 Å². The Morgan fingerprint density at radius 2 is 1.76 bits per heavy atom. The smallest absolute Gasteiger partial charge is 0.471 e. The molecular weight excluding hydrogens is 475 g/mol. The number of halogens is 7. The molecular formula is C21H16F7N3O3. The summed E-state index contributed by atoms with van der Waals surface area (Å²) in [5, 5.41) is 5.63. The van der Waals surface area contributed by atoms with Gasteiger partial charge in [-0.2, -0.15) is 31.4 Å². The van der Waals surface area contributed by atoms with Crippen molar-refractivity contribution >= 4 is 16.8 Å². The second-order valence-electron chi connectivity index (χ2n) is 7.03. The summed E-state index contributed by atoms with van der Waals surface area (Å²) in [7, 11) is 1.29. The maximum absolute atomic E-state index is 14.7. The Morgan fingerprint density at radius 1 is 1.09 bits per heavy atom. The Labute approximate surface area is 186 Å². The number of alkyl halides is 6. The quantitative estimate of drug-likeness (QED) is 0.413. The van der Waals surface area contributed by atoms with E-state index in [1.165, 1.54) is 25.3 Å². The number of para-hydroxylation sites is 1. The van der Waals surface area contributed by atoms with Crippen LogP contribution in [0.1, 0.15) is 12.0 Å². The molecule has 0 aliphatic rings. The van der Waals surface area contributed by atoms with E-state index < -0.39 is 52.9 Å². The number of carbonyl (C=O) groups excluding carboxylic acids is 1. The van der Waals surface area contributed by atoms with Crippen molar-refractivity contribution in [1.82, 2.24) is 15.1 Å². The van der Waals surface area contributed by atoms with Gasteiger partial charge in [-0.05, 0) is 30.7 Å². The molecule has 1 amide bonds. The summed E-state index contributed by atoms with van der Waals surface area (Å²) in [6.07, 6.45) is -10.2. The average Bonchev–Trinajstić information content (AvgIpc) is 2.76. The van der Waals surface area contributed by atoms with E-state index in [2.05, 4.69) is 5.10 Å². The van der Waals surface area contributed by atoms with Crippen LogP contribution >= 0.6 is 0 Å². The highest BCUT2D eigenvalue weighted by Crippen LogP contribution is 2.35. The van der Waals surface area contributed by atoms with E-state index in [4.69, 9.17) is 4.74 Å². The monoisotopic (exact) mass is 491 g/mol.